The standard InChI is InChI=1S/C17H14Cl2N4O2S/c1-23-13-4-2-3-5-14(13)26-17(23)22-21-15(24)9-20-16(25)11-7-6-10(18)8-12(11)19/h2-8H,9H2,1H3,(H,20,25)(H,21,24)/b22-17-. The second-order valence-corrected chi connectivity index (χ2v) is 7.22. The summed E-state index contributed by atoms with van der Waals surface area (Å²) >= 11 is 13.2. The van der Waals surface area contributed by atoms with Crippen LogP contribution in [0.1, 0.15) is 10.4 Å². The van der Waals surface area contributed by atoms with E-state index in [1.807, 2.05) is 35.9 Å². The molecule has 0 aliphatic heterocycles. The minimum atomic E-state index is -0.464. The number of halogens is 2. The number of benzene rings is 2. The molecule has 0 radical (unpaired) electrons. The number of nitrogens with one attached hydrogen (secondary N) is 2. The fourth-order valence-electron chi connectivity index (χ4n) is 2.27. The van der Waals surface area contributed by atoms with E-state index < -0.39 is 11.8 Å². The van der Waals surface area contributed by atoms with Gasteiger partial charge in [0.1, 0.15) is 0 Å². The minimum Gasteiger partial charge on any atom is -0.343 e. The summed E-state index contributed by atoms with van der Waals surface area (Å²) in [4.78, 5) is 24.7. The highest BCUT2D eigenvalue weighted by atomic mass is 35.5. The molecule has 2 aromatic carbocycles. The zero-order valence-electron chi connectivity index (χ0n) is 13.6. The van der Waals surface area contributed by atoms with Gasteiger partial charge in [-0.3, -0.25) is 9.59 Å². The molecule has 2 N–H and O–H groups in total. The summed E-state index contributed by atoms with van der Waals surface area (Å²) in [5, 5.41) is 7.25. The van der Waals surface area contributed by atoms with E-state index in [4.69, 9.17) is 23.2 Å². The molecule has 0 saturated heterocycles. The normalized spacial score (nSPS) is 11.6. The highest BCUT2D eigenvalue weighted by molar-refractivity contribution is 7.16. The molecule has 3 rings (SSSR count). The Morgan fingerprint density at radius 2 is 1.96 bits per heavy atom. The Balaban J connectivity index is 1.63. The molecular weight excluding hydrogens is 395 g/mol. The summed E-state index contributed by atoms with van der Waals surface area (Å²) in [6, 6.07) is 12.4. The summed E-state index contributed by atoms with van der Waals surface area (Å²) in [5.41, 5.74) is 3.71. The largest absolute Gasteiger partial charge is 0.343 e. The fraction of sp³-hybridized carbons (Fsp3) is 0.118. The average molecular weight is 409 g/mol. The number of nitrogens with zero attached hydrogens (tertiary/aromatic N) is 2. The Kier molecular flexibility index (Phi) is 5.61. The lowest BCUT2D eigenvalue weighted by Gasteiger charge is -2.06. The molecule has 0 unspecified atom stereocenters. The van der Waals surface area contributed by atoms with Gasteiger partial charge in [0.15, 0.2) is 0 Å². The number of fused-ring (bicyclic) bond motifs is 1. The minimum absolute atomic E-state index is 0.220. The maximum absolute atomic E-state index is 12.1. The molecule has 0 bridgehead atoms. The zero-order valence-corrected chi connectivity index (χ0v) is 16.0. The van der Waals surface area contributed by atoms with Crippen LogP contribution >= 0.6 is 34.5 Å². The second-order valence-electron chi connectivity index (χ2n) is 5.37. The third-order valence-electron chi connectivity index (χ3n) is 3.58. The number of amides is 2. The van der Waals surface area contributed by atoms with Crippen LogP contribution in [-0.2, 0) is 11.8 Å². The van der Waals surface area contributed by atoms with Crippen LogP contribution < -0.4 is 15.5 Å². The van der Waals surface area contributed by atoms with Gasteiger partial charge in [0.2, 0.25) is 4.80 Å². The third kappa shape index (κ3) is 4.07. The first-order valence-corrected chi connectivity index (χ1v) is 9.13. The van der Waals surface area contributed by atoms with Crippen molar-refractivity contribution in [2.45, 2.75) is 0 Å². The maximum atomic E-state index is 12.1. The number of hydrogen-bond donors (Lipinski definition) is 2. The summed E-state index contributed by atoms with van der Waals surface area (Å²) in [5.74, 6) is -0.907. The van der Waals surface area contributed by atoms with Crippen molar-refractivity contribution >= 4 is 56.6 Å². The molecular formula is C17H14Cl2N4O2S. The van der Waals surface area contributed by atoms with Gasteiger partial charge in [-0.05, 0) is 30.3 Å². The predicted molar refractivity (Wildman–Crippen MR) is 103 cm³/mol. The molecule has 0 fully saturated rings. The van der Waals surface area contributed by atoms with Crippen molar-refractivity contribution in [1.82, 2.24) is 15.3 Å². The Labute approximate surface area is 163 Å². The monoisotopic (exact) mass is 408 g/mol. The Morgan fingerprint density at radius 3 is 2.69 bits per heavy atom. The predicted octanol–water partition coefficient (Wildman–Crippen LogP) is 2.91. The Bertz CT molecular complexity index is 1060. The number of rotatable bonds is 4. The molecule has 0 aliphatic carbocycles. The first-order chi connectivity index (χ1) is 12.5. The molecule has 26 heavy (non-hydrogen) atoms. The van der Waals surface area contributed by atoms with Gasteiger partial charge in [0.25, 0.3) is 11.8 Å². The number of thiazole rings is 1. The van der Waals surface area contributed by atoms with Crippen LogP contribution in [0.5, 0.6) is 0 Å². The van der Waals surface area contributed by atoms with E-state index in [0.29, 0.717) is 9.82 Å². The molecule has 0 saturated carbocycles. The van der Waals surface area contributed by atoms with Gasteiger partial charge in [-0.1, -0.05) is 46.7 Å². The van der Waals surface area contributed by atoms with Gasteiger partial charge in [0, 0.05) is 12.1 Å². The van der Waals surface area contributed by atoms with E-state index in [1.54, 1.807) is 6.07 Å². The lowest BCUT2D eigenvalue weighted by Crippen LogP contribution is -2.36. The molecule has 9 heteroatoms. The lowest BCUT2D eigenvalue weighted by molar-refractivity contribution is -0.120. The van der Waals surface area contributed by atoms with Crippen molar-refractivity contribution in [2.24, 2.45) is 12.1 Å². The number of hydrogen-bond acceptors (Lipinski definition) is 4. The molecule has 6 nitrogen and oxygen atoms in total. The van der Waals surface area contributed by atoms with Crippen LogP contribution in [0, 0.1) is 0 Å². The van der Waals surface area contributed by atoms with Crippen molar-refractivity contribution in [1.29, 1.82) is 0 Å². The van der Waals surface area contributed by atoms with Gasteiger partial charge in [-0.15, -0.1) is 5.10 Å². The van der Waals surface area contributed by atoms with Gasteiger partial charge in [-0.25, -0.2) is 5.43 Å². The van der Waals surface area contributed by atoms with Crippen molar-refractivity contribution in [3.8, 4) is 0 Å². The van der Waals surface area contributed by atoms with Crippen molar-refractivity contribution in [3.63, 3.8) is 0 Å². The summed E-state index contributed by atoms with van der Waals surface area (Å²) < 4.78 is 2.94. The highest BCUT2D eigenvalue weighted by Gasteiger charge is 2.12. The smallest absolute Gasteiger partial charge is 0.259 e. The fourth-order valence-corrected chi connectivity index (χ4v) is 3.74. The van der Waals surface area contributed by atoms with Crippen molar-refractivity contribution in [2.75, 3.05) is 6.54 Å². The zero-order chi connectivity index (χ0) is 18.7. The van der Waals surface area contributed by atoms with E-state index in [9.17, 15) is 9.59 Å². The molecule has 1 aromatic heterocycles. The summed E-state index contributed by atoms with van der Waals surface area (Å²) in [7, 11) is 1.87. The molecule has 134 valence electrons. The van der Waals surface area contributed by atoms with Crippen LogP contribution in [0.3, 0.4) is 0 Å². The molecule has 3 aromatic rings. The van der Waals surface area contributed by atoms with Gasteiger partial charge in [0.05, 0.1) is 27.3 Å². The molecule has 2 amide bonds. The average Bonchev–Trinajstić information content (AvgIpc) is 2.94. The van der Waals surface area contributed by atoms with E-state index in [1.165, 1.54) is 23.5 Å². The Hall–Kier alpha value is -2.35. The number of aromatic nitrogens is 1. The molecule has 0 aliphatic rings. The van der Waals surface area contributed by atoms with Gasteiger partial charge in [-0.2, -0.15) is 0 Å². The Morgan fingerprint density at radius 1 is 1.19 bits per heavy atom. The topological polar surface area (TPSA) is 75.5 Å². The maximum Gasteiger partial charge on any atom is 0.259 e. The number of carbonyl (C=O) groups excluding carboxylic acids is 2. The van der Waals surface area contributed by atoms with Crippen LogP contribution in [0.15, 0.2) is 47.6 Å². The lowest BCUT2D eigenvalue weighted by atomic mass is 10.2. The van der Waals surface area contributed by atoms with Crippen LogP contribution in [0.25, 0.3) is 10.2 Å². The number of para-hydroxylation sites is 1. The first-order valence-electron chi connectivity index (χ1n) is 7.56. The third-order valence-corrected chi connectivity index (χ3v) is 5.24. The highest BCUT2D eigenvalue weighted by Crippen LogP contribution is 2.20. The summed E-state index contributed by atoms with van der Waals surface area (Å²) in [6.07, 6.45) is 0. The molecule has 0 atom stereocenters. The summed E-state index contributed by atoms with van der Waals surface area (Å²) in [6.45, 7) is -0.226. The SMILES string of the molecule is Cn1/c(=N/NC(=O)CNC(=O)c2ccc(Cl)cc2Cl)sc2ccccc21. The van der Waals surface area contributed by atoms with E-state index >= 15 is 0 Å². The van der Waals surface area contributed by atoms with Gasteiger partial charge < -0.3 is 9.88 Å². The molecule has 1 heterocycles. The van der Waals surface area contributed by atoms with Crippen molar-refractivity contribution in [3.05, 3.63) is 62.9 Å². The second kappa shape index (κ2) is 7.90. The quantitative estimate of drug-likeness (QED) is 0.651. The molecule has 0 spiro atoms. The van der Waals surface area contributed by atoms with Crippen LogP contribution in [-0.4, -0.2) is 22.9 Å². The van der Waals surface area contributed by atoms with Gasteiger partial charge >= 0.3 is 0 Å². The van der Waals surface area contributed by atoms with Crippen LogP contribution in [0.4, 0.5) is 0 Å². The van der Waals surface area contributed by atoms with E-state index in [-0.39, 0.29) is 17.1 Å². The number of aryl methyl sites for hydroxylation is 1. The first kappa shape index (κ1) is 18.4. The number of carbonyl (C=O) groups is 2. The van der Waals surface area contributed by atoms with Crippen LogP contribution in [0.2, 0.25) is 10.0 Å². The van der Waals surface area contributed by atoms with E-state index in [0.717, 1.165) is 10.2 Å². The van der Waals surface area contributed by atoms with E-state index in [2.05, 4.69) is 15.8 Å². The van der Waals surface area contributed by atoms with Crippen molar-refractivity contribution < 1.29 is 9.59 Å².